The van der Waals surface area contributed by atoms with E-state index in [4.69, 9.17) is 10.2 Å². The highest BCUT2D eigenvalue weighted by Gasteiger charge is 2.24. The lowest BCUT2D eigenvalue weighted by Gasteiger charge is -2.18. The molecular formula is C16H20FN3O7S. The van der Waals surface area contributed by atoms with Gasteiger partial charge in [-0.1, -0.05) is 0 Å². The largest absolute Gasteiger partial charge is 0.481 e. The summed E-state index contributed by atoms with van der Waals surface area (Å²) in [7, 11) is 0. The van der Waals surface area contributed by atoms with Crippen LogP contribution in [0.4, 0.5) is 9.18 Å². The number of carboxylic acid groups (broad SMARTS) is 3. The maximum Gasteiger partial charge on any atom is 0.326 e. The highest BCUT2D eigenvalue weighted by molar-refractivity contribution is 7.98. The van der Waals surface area contributed by atoms with E-state index in [1.807, 2.05) is 5.32 Å². The molecule has 154 valence electrons. The maximum absolute atomic E-state index is 13.0. The van der Waals surface area contributed by atoms with Gasteiger partial charge in [-0.25, -0.2) is 19.4 Å². The van der Waals surface area contributed by atoms with Crippen LogP contribution in [0.2, 0.25) is 0 Å². The number of nitrogens with zero attached hydrogens (tertiary/aromatic N) is 1. The number of aromatic nitrogens is 1. The van der Waals surface area contributed by atoms with Crippen molar-refractivity contribution < 1.29 is 38.9 Å². The topological polar surface area (TPSA) is 166 Å². The number of carboxylic acids is 3. The van der Waals surface area contributed by atoms with E-state index in [1.54, 1.807) is 6.07 Å². The summed E-state index contributed by atoms with van der Waals surface area (Å²) in [6, 6.07) is -0.862. The van der Waals surface area contributed by atoms with Gasteiger partial charge in [-0.2, -0.15) is 16.2 Å². The molecule has 2 atom stereocenters. The van der Waals surface area contributed by atoms with E-state index in [0.29, 0.717) is 17.1 Å². The number of carbonyl (C=O) groups is 4. The number of aliphatic carboxylic acids is 3. The molecule has 0 aliphatic carbocycles. The second-order valence-electron chi connectivity index (χ2n) is 5.66. The summed E-state index contributed by atoms with van der Waals surface area (Å²) in [6.45, 7) is 0. The van der Waals surface area contributed by atoms with Crippen molar-refractivity contribution >= 4 is 35.7 Å². The van der Waals surface area contributed by atoms with Gasteiger partial charge in [-0.05, 0) is 36.3 Å². The number of amides is 2. The summed E-state index contributed by atoms with van der Waals surface area (Å²) in [5.74, 6) is -3.80. The molecule has 0 bridgehead atoms. The lowest BCUT2D eigenvalue weighted by atomic mass is 10.1. The van der Waals surface area contributed by atoms with Crippen LogP contribution in [0.1, 0.15) is 24.8 Å². The van der Waals surface area contributed by atoms with Crippen LogP contribution in [0.5, 0.6) is 0 Å². The van der Waals surface area contributed by atoms with Crippen LogP contribution in [0.3, 0.4) is 0 Å². The zero-order valence-corrected chi connectivity index (χ0v) is 15.4. The Morgan fingerprint density at radius 3 is 2.21 bits per heavy atom. The smallest absolute Gasteiger partial charge is 0.326 e. The predicted molar refractivity (Wildman–Crippen MR) is 96.4 cm³/mol. The van der Waals surface area contributed by atoms with E-state index in [-0.39, 0.29) is 12.8 Å². The number of carbonyl (C=O) groups excluding carboxylic acids is 1. The molecule has 1 rings (SSSR count). The molecule has 0 saturated carbocycles. The third-order valence-corrected chi connectivity index (χ3v) is 4.53. The van der Waals surface area contributed by atoms with Crippen molar-refractivity contribution in [2.75, 3.05) is 5.75 Å². The minimum absolute atomic E-state index is 0.0495. The van der Waals surface area contributed by atoms with Crippen molar-refractivity contribution in [1.82, 2.24) is 15.6 Å². The van der Waals surface area contributed by atoms with Crippen LogP contribution < -0.4 is 10.6 Å². The van der Waals surface area contributed by atoms with Crippen molar-refractivity contribution in [2.45, 2.75) is 37.1 Å². The van der Waals surface area contributed by atoms with Crippen LogP contribution in [0.25, 0.3) is 0 Å². The fourth-order valence-electron chi connectivity index (χ4n) is 2.06. The van der Waals surface area contributed by atoms with Crippen LogP contribution in [0, 0.1) is 5.95 Å². The van der Waals surface area contributed by atoms with E-state index in [2.05, 4.69) is 10.3 Å². The monoisotopic (exact) mass is 417 g/mol. The van der Waals surface area contributed by atoms with Crippen molar-refractivity contribution in [2.24, 2.45) is 0 Å². The number of rotatable bonds is 12. The van der Waals surface area contributed by atoms with Gasteiger partial charge < -0.3 is 26.0 Å². The molecule has 0 fully saturated rings. The van der Waals surface area contributed by atoms with Crippen molar-refractivity contribution in [3.05, 3.63) is 29.8 Å². The Morgan fingerprint density at radius 1 is 1.07 bits per heavy atom. The Bertz CT molecular complexity index is 719. The molecule has 0 radical (unpaired) electrons. The molecule has 1 heterocycles. The highest BCUT2D eigenvalue weighted by Crippen LogP contribution is 2.14. The zero-order valence-electron chi connectivity index (χ0n) is 14.6. The molecule has 5 N–H and O–H groups in total. The van der Waals surface area contributed by atoms with E-state index < -0.39 is 48.4 Å². The SMILES string of the molecule is O=C(O)CCC(NC(=O)NC(CCSCc1ccnc(F)c1)C(=O)O)C(=O)O. The van der Waals surface area contributed by atoms with Crippen molar-refractivity contribution in [3.63, 3.8) is 0 Å². The standard InChI is InChI=1S/C16H20FN3O7S/c17-12-7-9(3-5-18-12)8-28-6-4-11(15(25)26)20-16(27)19-10(14(23)24)1-2-13(21)22/h3,5,7,10-11H,1-2,4,6,8H2,(H,21,22)(H,23,24)(H,25,26)(H2,19,20,27). The van der Waals surface area contributed by atoms with Crippen LogP contribution in [-0.4, -0.2) is 62.1 Å². The quantitative estimate of drug-likeness (QED) is 0.245. The molecule has 0 aliphatic heterocycles. The number of hydrogen-bond donors (Lipinski definition) is 5. The average Bonchev–Trinajstić information content (AvgIpc) is 2.60. The predicted octanol–water partition coefficient (Wildman–Crippen LogP) is 0.914. The molecule has 0 spiro atoms. The second kappa shape index (κ2) is 11.7. The summed E-state index contributed by atoms with van der Waals surface area (Å²) >= 11 is 1.33. The Morgan fingerprint density at radius 2 is 1.68 bits per heavy atom. The van der Waals surface area contributed by atoms with Gasteiger partial charge in [-0.15, -0.1) is 0 Å². The van der Waals surface area contributed by atoms with Gasteiger partial charge in [0.25, 0.3) is 0 Å². The highest BCUT2D eigenvalue weighted by atomic mass is 32.2. The molecule has 2 amide bonds. The van der Waals surface area contributed by atoms with Gasteiger partial charge >= 0.3 is 23.9 Å². The Kier molecular flexibility index (Phi) is 9.71. The third-order valence-electron chi connectivity index (χ3n) is 3.46. The van der Waals surface area contributed by atoms with Gasteiger partial charge in [0, 0.05) is 18.4 Å². The van der Waals surface area contributed by atoms with Crippen LogP contribution in [-0.2, 0) is 20.1 Å². The molecule has 2 unspecified atom stereocenters. The lowest BCUT2D eigenvalue weighted by Crippen LogP contribution is -2.51. The van der Waals surface area contributed by atoms with Crippen LogP contribution >= 0.6 is 11.8 Å². The molecular weight excluding hydrogens is 397 g/mol. The van der Waals surface area contributed by atoms with Crippen molar-refractivity contribution in [3.8, 4) is 0 Å². The Labute approximate surface area is 163 Å². The molecule has 0 saturated heterocycles. The summed E-state index contributed by atoms with van der Waals surface area (Å²) in [5.41, 5.74) is 0.679. The summed E-state index contributed by atoms with van der Waals surface area (Å²) in [6.07, 6.45) is 0.564. The summed E-state index contributed by atoms with van der Waals surface area (Å²) in [4.78, 5) is 48.1. The second-order valence-corrected chi connectivity index (χ2v) is 6.77. The van der Waals surface area contributed by atoms with E-state index in [0.717, 1.165) is 0 Å². The van der Waals surface area contributed by atoms with E-state index in [9.17, 15) is 28.7 Å². The normalized spacial score (nSPS) is 12.6. The molecule has 10 nitrogen and oxygen atoms in total. The van der Waals surface area contributed by atoms with E-state index in [1.165, 1.54) is 24.0 Å². The average molecular weight is 417 g/mol. The lowest BCUT2D eigenvalue weighted by molar-refractivity contribution is -0.140. The fraction of sp³-hybridized carbons (Fsp3) is 0.438. The molecule has 1 aromatic heterocycles. The van der Waals surface area contributed by atoms with Gasteiger partial charge in [0.2, 0.25) is 5.95 Å². The van der Waals surface area contributed by atoms with Crippen LogP contribution in [0.15, 0.2) is 18.3 Å². The Balaban J connectivity index is 2.47. The summed E-state index contributed by atoms with van der Waals surface area (Å²) < 4.78 is 13.0. The number of pyridine rings is 1. The van der Waals surface area contributed by atoms with Gasteiger partial charge in [0.15, 0.2) is 0 Å². The molecule has 12 heteroatoms. The van der Waals surface area contributed by atoms with Gasteiger partial charge in [0.1, 0.15) is 12.1 Å². The number of thioether (sulfide) groups is 1. The molecule has 0 aromatic carbocycles. The number of urea groups is 1. The van der Waals surface area contributed by atoms with Gasteiger partial charge in [0.05, 0.1) is 0 Å². The third kappa shape index (κ3) is 9.16. The first-order valence-electron chi connectivity index (χ1n) is 8.11. The first-order chi connectivity index (χ1) is 13.2. The number of nitrogens with one attached hydrogen (secondary N) is 2. The first kappa shape index (κ1) is 23.1. The molecule has 1 aromatic rings. The zero-order chi connectivity index (χ0) is 21.1. The summed E-state index contributed by atoms with van der Waals surface area (Å²) in [5, 5.41) is 31.0. The fourth-order valence-corrected chi connectivity index (χ4v) is 3.03. The number of hydrogen-bond acceptors (Lipinski definition) is 6. The Hall–Kier alpha value is -2.89. The molecule has 28 heavy (non-hydrogen) atoms. The van der Waals surface area contributed by atoms with E-state index >= 15 is 0 Å². The minimum Gasteiger partial charge on any atom is -0.481 e. The van der Waals surface area contributed by atoms with Crippen molar-refractivity contribution in [1.29, 1.82) is 0 Å². The van der Waals surface area contributed by atoms with Gasteiger partial charge in [-0.3, -0.25) is 4.79 Å². The molecule has 0 aliphatic rings. The number of halogens is 1. The minimum atomic E-state index is -1.46. The first-order valence-corrected chi connectivity index (χ1v) is 9.27. The maximum atomic E-state index is 13.0.